The molecule has 0 aliphatic heterocycles. The van der Waals surface area contributed by atoms with Crippen LogP contribution in [0, 0.1) is 10.1 Å². The number of rotatable bonds is 4. The Hall–Kier alpha value is -3.00. The number of carbonyl (C=O) groups is 1. The highest BCUT2D eigenvalue weighted by atomic mass is 35.5. The molecule has 1 amide bonds. The lowest BCUT2D eigenvalue weighted by Crippen LogP contribution is -2.13. The van der Waals surface area contributed by atoms with E-state index in [0.29, 0.717) is 15.6 Å². The van der Waals surface area contributed by atoms with Gasteiger partial charge in [0.1, 0.15) is 5.01 Å². The van der Waals surface area contributed by atoms with Gasteiger partial charge in [-0.15, -0.1) is 11.3 Å². The van der Waals surface area contributed by atoms with Crippen molar-refractivity contribution in [2.75, 3.05) is 5.32 Å². The number of carbonyl (C=O) groups excluding carboxylic acids is 1. The Morgan fingerprint density at radius 3 is 2.62 bits per heavy atom. The Morgan fingerprint density at radius 1 is 1.07 bits per heavy atom. The molecule has 0 atom stereocenters. The summed E-state index contributed by atoms with van der Waals surface area (Å²) in [4.78, 5) is 28.1. The topological polar surface area (TPSA) is 85.1 Å². The van der Waals surface area contributed by atoms with Gasteiger partial charge in [0.25, 0.3) is 11.6 Å². The molecule has 0 spiro atoms. The van der Waals surface area contributed by atoms with Gasteiger partial charge in [0.15, 0.2) is 0 Å². The van der Waals surface area contributed by atoms with Crippen molar-refractivity contribution >= 4 is 62.0 Å². The average molecular weight is 444 g/mol. The lowest BCUT2D eigenvalue weighted by molar-refractivity contribution is -0.384. The maximum absolute atomic E-state index is 12.8. The van der Waals surface area contributed by atoms with Crippen LogP contribution in [0.5, 0.6) is 0 Å². The average Bonchev–Trinajstić information content (AvgIpc) is 3.13. The van der Waals surface area contributed by atoms with Crippen molar-refractivity contribution in [2.45, 2.75) is 0 Å². The molecule has 1 aromatic heterocycles. The van der Waals surface area contributed by atoms with E-state index in [9.17, 15) is 14.9 Å². The number of anilines is 1. The molecule has 1 N–H and O–H groups in total. The van der Waals surface area contributed by atoms with Crippen molar-refractivity contribution in [1.29, 1.82) is 0 Å². The summed E-state index contributed by atoms with van der Waals surface area (Å²) in [6.07, 6.45) is 0. The van der Waals surface area contributed by atoms with E-state index in [2.05, 4.69) is 10.3 Å². The second-order valence-electron chi connectivity index (χ2n) is 6.05. The Labute approximate surface area is 178 Å². The van der Waals surface area contributed by atoms with E-state index in [1.807, 2.05) is 24.3 Å². The number of aromatic nitrogens is 1. The van der Waals surface area contributed by atoms with Gasteiger partial charge in [-0.25, -0.2) is 4.98 Å². The number of nitro benzene ring substituents is 1. The fourth-order valence-electron chi connectivity index (χ4n) is 2.78. The SMILES string of the molecule is O=C(Nc1cc([N+](=O)[O-])ccc1-c1nc2ccccc2s1)c1cc(Cl)ccc1Cl. The van der Waals surface area contributed by atoms with Gasteiger partial charge in [0, 0.05) is 22.7 Å². The first-order chi connectivity index (χ1) is 13.9. The smallest absolute Gasteiger partial charge is 0.271 e. The van der Waals surface area contributed by atoms with Crippen molar-refractivity contribution in [1.82, 2.24) is 4.98 Å². The number of nitrogens with zero attached hydrogens (tertiary/aromatic N) is 2. The molecule has 4 rings (SSSR count). The maximum atomic E-state index is 12.8. The number of amides is 1. The van der Waals surface area contributed by atoms with Crippen LogP contribution in [0.1, 0.15) is 10.4 Å². The number of fused-ring (bicyclic) bond motifs is 1. The largest absolute Gasteiger partial charge is 0.321 e. The van der Waals surface area contributed by atoms with E-state index in [-0.39, 0.29) is 22.0 Å². The third kappa shape index (κ3) is 3.93. The molecule has 3 aromatic carbocycles. The van der Waals surface area contributed by atoms with Crippen LogP contribution in [-0.2, 0) is 0 Å². The van der Waals surface area contributed by atoms with E-state index in [1.54, 1.807) is 12.1 Å². The Morgan fingerprint density at radius 2 is 1.86 bits per heavy atom. The minimum atomic E-state index is -0.527. The summed E-state index contributed by atoms with van der Waals surface area (Å²) in [5.74, 6) is -0.527. The van der Waals surface area contributed by atoms with Crippen LogP contribution in [0.3, 0.4) is 0 Å². The molecule has 9 heteroatoms. The van der Waals surface area contributed by atoms with Gasteiger partial charge in [0.05, 0.1) is 31.4 Å². The first-order valence-electron chi connectivity index (χ1n) is 8.33. The van der Waals surface area contributed by atoms with Crippen LogP contribution >= 0.6 is 34.5 Å². The Balaban J connectivity index is 1.80. The van der Waals surface area contributed by atoms with Crippen LogP contribution < -0.4 is 5.32 Å². The molecule has 4 aromatic rings. The zero-order chi connectivity index (χ0) is 20.5. The zero-order valence-electron chi connectivity index (χ0n) is 14.6. The molecule has 0 aliphatic carbocycles. The molecular formula is C20H11Cl2N3O3S. The number of nitrogens with one attached hydrogen (secondary N) is 1. The highest BCUT2D eigenvalue weighted by Gasteiger charge is 2.19. The fourth-order valence-corrected chi connectivity index (χ4v) is 4.16. The molecule has 0 unspecified atom stereocenters. The molecule has 144 valence electrons. The minimum Gasteiger partial charge on any atom is -0.321 e. The number of halogens is 2. The number of hydrogen-bond donors (Lipinski definition) is 1. The monoisotopic (exact) mass is 443 g/mol. The summed E-state index contributed by atoms with van der Waals surface area (Å²) in [5, 5.41) is 15.2. The van der Waals surface area contributed by atoms with Crippen LogP contribution in [0.4, 0.5) is 11.4 Å². The predicted octanol–water partition coefficient (Wildman–Crippen LogP) is 6.43. The predicted molar refractivity (Wildman–Crippen MR) is 116 cm³/mol. The van der Waals surface area contributed by atoms with Crippen LogP contribution in [-0.4, -0.2) is 15.8 Å². The van der Waals surface area contributed by atoms with Gasteiger partial charge in [-0.2, -0.15) is 0 Å². The van der Waals surface area contributed by atoms with E-state index in [1.165, 1.54) is 35.6 Å². The van der Waals surface area contributed by atoms with E-state index in [4.69, 9.17) is 23.2 Å². The highest BCUT2D eigenvalue weighted by molar-refractivity contribution is 7.21. The molecule has 0 fully saturated rings. The van der Waals surface area contributed by atoms with Gasteiger partial charge < -0.3 is 5.32 Å². The zero-order valence-corrected chi connectivity index (χ0v) is 16.9. The van der Waals surface area contributed by atoms with Gasteiger partial charge in [0.2, 0.25) is 0 Å². The van der Waals surface area contributed by atoms with Crippen LogP contribution in [0.15, 0.2) is 60.7 Å². The van der Waals surface area contributed by atoms with Crippen molar-refractivity contribution in [3.05, 3.63) is 86.4 Å². The fraction of sp³-hybridized carbons (Fsp3) is 0. The van der Waals surface area contributed by atoms with Gasteiger partial charge in [-0.3, -0.25) is 14.9 Å². The summed E-state index contributed by atoms with van der Waals surface area (Å²) in [5.41, 5.74) is 1.66. The molecule has 29 heavy (non-hydrogen) atoms. The standard InChI is InChI=1S/C20H11Cl2N3O3S/c21-11-5-8-15(22)14(9-11)19(26)23-17-10-12(25(27)28)6-7-13(17)20-24-16-3-1-2-4-18(16)29-20/h1-10H,(H,23,26). The van der Waals surface area contributed by atoms with E-state index in [0.717, 1.165) is 10.2 Å². The number of non-ortho nitro benzene ring substituents is 1. The Kier molecular flexibility index (Phi) is 5.19. The quantitative estimate of drug-likeness (QED) is 0.290. The van der Waals surface area contributed by atoms with Crippen LogP contribution in [0.25, 0.3) is 20.8 Å². The number of para-hydroxylation sites is 1. The van der Waals surface area contributed by atoms with Crippen LogP contribution in [0.2, 0.25) is 10.0 Å². The normalized spacial score (nSPS) is 10.8. The van der Waals surface area contributed by atoms with Gasteiger partial charge in [-0.05, 0) is 36.4 Å². The molecule has 0 aliphatic rings. The molecule has 0 saturated carbocycles. The molecule has 6 nitrogen and oxygen atoms in total. The Bertz CT molecular complexity index is 1240. The summed E-state index contributed by atoms with van der Waals surface area (Å²) in [6.45, 7) is 0. The molecule has 1 heterocycles. The first-order valence-corrected chi connectivity index (χ1v) is 9.90. The molecular weight excluding hydrogens is 433 g/mol. The summed E-state index contributed by atoms with van der Waals surface area (Å²) in [7, 11) is 0. The summed E-state index contributed by atoms with van der Waals surface area (Å²) < 4.78 is 0.969. The van der Waals surface area contributed by atoms with Gasteiger partial charge >= 0.3 is 0 Å². The lowest BCUT2D eigenvalue weighted by Gasteiger charge is -2.11. The van der Waals surface area contributed by atoms with Crippen molar-refractivity contribution in [3.8, 4) is 10.6 Å². The number of benzene rings is 3. The first kappa shape index (κ1) is 19.3. The molecule has 0 bridgehead atoms. The number of hydrogen-bond acceptors (Lipinski definition) is 5. The maximum Gasteiger partial charge on any atom is 0.271 e. The minimum absolute atomic E-state index is 0.151. The number of thiazole rings is 1. The van der Waals surface area contributed by atoms with Crippen molar-refractivity contribution in [2.24, 2.45) is 0 Å². The third-order valence-corrected chi connectivity index (χ3v) is 5.79. The second-order valence-corrected chi connectivity index (χ2v) is 7.93. The lowest BCUT2D eigenvalue weighted by atomic mass is 10.1. The van der Waals surface area contributed by atoms with E-state index < -0.39 is 10.8 Å². The molecule has 0 radical (unpaired) electrons. The van der Waals surface area contributed by atoms with Crippen molar-refractivity contribution < 1.29 is 9.72 Å². The third-order valence-electron chi connectivity index (χ3n) is 4.16. The molecule has 0 saturated heterocycles. The van der Waals surface area contributed by atoms with Gasteiger partial charge in [-0.1, -0.05) is 35.3 Å². The second kappa shape index (κ2) is 7.79. The highest BCUT2D eigenvalue weighted by Crippen LogP contribution is 2.37. The summed E-state index contributed by atoms with van der Waals surface area (Å²) in [6, 6.07) is 16.4. The summed E-state index contributed by atoms with van der Waals surface area (Å²) >= 11 is 13.5. The van der Waals surface area contributed by atoms with Crippen molar-refractivity contribution in [3.63, 3.8) is 0 Å². The number of nitro groups is 1. The van der Waals surface area contributed by atoms with E-state index >= 15 is 0 Å².